The summed E-state index contributed by atoms with van der Waals surface area (Å²) in [5.74, 6) is 11.9. The van der Waals surface area contributed by atoms with Crippen LogP contribution in [-0.4, -0.2) is 18.0 Å². The zero-order chi connectivity index (χ0) is 30.4. The molecule has 0 aliphatic rings. The number of rotatable bonds is 9. The molecule has 0 saturated heterocycles. The molecule has 4 nitrogen and oxygen atoms in total. The number of ether oxygens (including phenoxy) is 2. The van der Waals surface area contributed by atoms with Crippen LogP contribution in [0.25, 0.3) is 0 Å². The second-order valence-electron chi connectivity index (χ2n) is 10.4. The van der Waals surface area contributed by atoms with Crippen molar-refractivity contribution < 1.29 is 19.1 Å². The maximum atomic E-state index is 12.5. The molecule has 0 saturated carbocycles. The van der Waals surface area contributed by atoms with E-state index in [0.29, 0.717) is 11.1 Å². The number of hydrogen-bond acceptors (Lipinski definition) is 4. The maximum absolute atomic E-state index is 12.5. The van der Waals surface area contributed by atoms with Crippen molar-refractivity contribution in [2.75, 3.05) is 0 Å². The van der Waals surface area contributed by atoms with Crippen LogP contribution in [0.5, 0.6) is 0 Å². The minimum Gasteiger partial charge on any atom is -0.459 e. The molecular weight excluding hydrogens is 532 g/mol. The molecule has 2 unspecified atom stereocenters. The SMILES string of the molecule is CCCCCC(C)OC(=O)c1ccc(C#Cc2ccc(C#Cc3ccc(C(=O)OC(C)c4ccccc4)cc3)cc2)cc1. The Balaban J connectivity index is 1.29. The summed E-state index contributed by atoms with van der Waals surface area (Å²) < 4.78 is 11.1. The smallest absolute Gasteiger partial charge is 0.338 e. The monoisotopic (exact) mass is 568 g/mol. The first-order chi connectivity index (χ1) is 20.9. The molecule has 0 aliphatic heterocycles. The third kappa shape index (κ3) is 9.77. The molecule has 4 heteroatoms. The largest absolute Gasteiger partial charge is 0.459 e. The van der Waals surface area contributed by atoms with Gasteiger partial charge >= 0.3 is 11.9 Å². The van der Waals surface area contributed by atoms with Gasteiger partial charge in [0.15, 0.2) is 0 Å². The fraction of sp³-hybridized carbons (Fsp3) is 0.231. The van der Waals surface area contributed by atoms with Crippen LogP contribution in [0.1, 0.15) is 101 Å². The molecule has 4 aromatic carbocycles. The van der Waals surface area contributed by atoms with Gasteiger partial charge in [-0.3, -0.25) is 0 Å². The molecule has 0 bridgehead atoms. The van der Waals surface area contributed by atoms with Gasteiger partial charge in [0.05, 0.1) is 17.2 Å². The highest BCUT2D eigenvalue weighted by atomic mass is 16.5. The van der Waals surface area contributed by atoms with Crippen molar-refractivity contribution in [2.45, 2.75) is 58.7 Å². The molecule has 216 valence electrons. The van der Waals surface area contributed by atoms with Gasteiger partial charge in [-0.25, -0.2) is 9.59 Å². The molecule has 4 aromatic rings. The Hall–Kier alpha value is -5.06. The summed E-state index contributed by atoms with van der Waals surface area (Å²) in [5.41, 5.74) is 5.31. The lowest BCUT2D eigenvalue weighted by Gasteiger charge is -2.13. The van der Waals surface area contributed by atoms with E-state index in [4.69, 9.17) is 9.47 Å². The average molecular weight is 569 g/mol. The summed E-state index contributed by atoms with van der Waals surface area (Å²) in [4.78, 5) is 24.9. The van der Waals surface area contributed by atoms with Crippen molar-refractivity contribution in [3.05, 3.63) is 142 Å². The molecule has 0 spiro atoms. The first-order valence-electron chi connectivity index (χ1n) is 14.7. The quantitative estimate of drug-likeness (QED) is 0.115. The Morgan fingerprint density at radius 1 is 0.581 bits per heavy atom. The van der Waals surface area contributed by atoms with Crippen molar-refractivity contribution in [3.63, 3.8) is 0 Å². The highest BCUT2D eigenvalue weighted by Crippen LogP contribution is 2.18. The molecular formula is C39H36O4. The number of hydrogen-bond donors (Lipinski definition) is 0. The van der Waals surface area contributed by atoms with E-state index in [2.05, 4.69) is 30.6 Å². The lowest BCUT2D eigenvalue weighted by atomic mass is 10.1. The third-order valence-corrected chi connectivity index (χ3v) is 6.90. The van der Waals surface area contributed by atoms with E-state index in [-0.39, 0.29) is 24.1 Å². The van der Waals surface area contributed by atoms with E-state index in [1.165, 1.54) is 0 Å². The molecule has 0 amide bonds. The first-order valence-corrected chi connectivity index (χ1v) is 14.7. The molecule has 4 rings (SSSR count). The predicted molar refractivity (Wildman–Crippen MR) is 171 cm³/mol. The van der Waals surface area contributed by atoms with Crippen LogP contribution in [-0.2, 0) is 9.47 Å². The molecule has 0 N–H and O–H groups in total. The molecule has 0 aromatic heterocycles. The number of benzene rings is 4. The summed E-state index contributed by atoms with van der Waals surface area (Å²) in [6.07, 6.45) is 3.83. The highest BCUT2D eigenvalue weighted by Gasteiger charge is 2.13. The first kappa shape index (κ1) is 30.9. The number of carbonyl (C=O) groups excluding carboxylic acids is 2. The number of esters is 2. The number of unbranched alkanes of at least 4 members (excludes halogenated alkanes) is 2. The Bertz CT molecular complexity index is 1610. The van der Waals surface area contributed by atoms with E-state index in [1.807, 2.05) is 92.7 Å². The van der Waals surface area contributed by atoms with Crippen molar-refractivity contribution in [1.29, 1.82) is 0 Å². The van der Waals surface area contributed by atoms with Crippen LogP contribution in [0.3, 0.4) is 0 Å². The second kappa shape index (κ2) is 15.8. The van der Waals surface area contributed by atoms with Crippen LogP contribution < -0.4 is 0 Å². The van der Waals surface area contributed by atoms with E-state index in [1.54, 1.807) is 24.3 Å². The summed E-state index contributed by atoms with van der Waals surface area (Å²) in [7, 11) is 0. The molecule has 0 radical (unpaired) electrons. The Kier molecular flexibility index (Phi) is 11.4. The van der Waals surface area contributed by atoms with E-state index in [9.17, 15) is 9.59 Å². The van der Waals surface area contributed by atoms with Gasteiger partial charge in [0.1, 0.15) is 6.10 Å². The van der Waals surface area contributed by atoms with Crippen LogP contribution in [0.4, 0.5) is 0 Å². The van der Waals surface area contributed by atoms with Gasteiger partial charge in [-0.05, 0) is 105 Å². The van der Waals surface area contributed by atoms with Gasteiger partial charge in [0.25, 0.3) is 0 Å². The fourth-order valence-corrected chi connectivity index (χ4v) is 4.32. The molecule has 43 heavy (non-hydrogen) atoms. The standard InChI is InChI=1S/C39H36O4/c1-4-5-7-10-29(2)42-38(40)36-25-21-33(22-26-36)19-17-31-13-15-32(16-14-31)18-20-34-23-27-37(28-24-34)39(41)43-30(3)35-11-8-6-9-12-35/h6,8-9,11-16,21-30H,4-5,7,10H2,1-3H3. The van der Waals surface area contributed by atoms with Crippen LogP contribution in [0.2, 0.25) is 0 Å². The highest BCUT2D eigenvalue weighted by molar-refractivity contribution is 5.90. The van der Waals surface area contributed by atoms with Gasteiger partial charge in [-0.15, -0.1) is 0 Å². The van der Waals surface area contributed by atoms with E-state index in [0.717, 1.165) is 53.5 Å². The molecule has 2 atom stereocenters. The van der Waals surface area contributed by atoms with Crippen molar-refractivity contribution in [3.8, 4) is 23.7 Å². The van der Waals surface area contributed by atoms with Gasteiger partial charge in [0.2, 0.25) is 0 Å². The third-order valence-electron chi connectivity index (χ3n) is 6.90. The molecule has 0 fully saturated rings. The van der Waals surface area contributed by atoms with E-state index >= 15 is 0 Å². The Morgan fingerprint density at radius 2 is 1.00 bits per heavy atom. The Morgan fingerprint density at radius 3 is 1.44 bits per heavy atom. The van der Waals surface area contributed by atoms with Crippen LogP contribution in [0.15, 0.2) is 103 Å². The second-order valence-corrected chi connectivity index (χ2v) is 10.4. The molecule has 0 heterocycles. The Labute approximate surface area is 255 Å². The van der Waals surface area contributed by atoms with Crippen LogP contribution >= 0.6 is 0 Å². The summed E-state index contributed by atoms with van der Waals surface area (Å²) in [6.45, 7) is 5.96. The van der Waals surface area contributed by atoms with Crippen molar-refractivity contribution in [2.24, 2.45) is 0 Å². The fourth-order valence-electron chi connectivity index (χ4n) is 4.32. The van der Waals surface area contributed by atoms with Crippen molar-refractivity contribution >= 4 is 11.9 Å². The summed E-state index contributed by atoms with van der Waals surface area (Å²) in [5, 5.41) is 0. The average Bonchev–Trinajstić information content (AvgIpc) is 3.04. The minimum absolute atomic E-state index is 0.0862. The lowest BCUT2D eigenvalue weighted by Crippen LogP contribution is -2.15. The topological polar surface area (TPSA) is 52.6 Å². The normalized spacial score (nSPS) is 11.6. The van der Waals surface area contributed by atoms with Crippen LogP contribution in [0, 0.1) is 23.7 Å². The zero-order valence-corrected chi connectivity index (χ0v) is 24.9. The summed E-state index contributed by atoms with van der Waals surface area (Å²) >= 11 is 0. The van der Waals surface area contributed by atoms with Crippen molar-refractivity contribution in [1.82, 2.24) is 0 Å². The van der Waals surface area contributed by atoms with Gasteiger partial charge in [-0.1, -0.05) is 73.8 Å². The number of carbonyl (C=O) groups is 2. The zero-order valence-electron chi connectivity index (χ0n) is 24.9. The predicted octanol–water partition coefficient (Wildman–Crippen LogP) is 8.53. The van der Waals surface area contributed by atoms with Gasteiger partial charge < -0.3 is 9.47 Å². The van der Waals surface area contributed by atoms with Gasteiger partial charge in [-0.2, -0.15) is 0 Å². The maximum Gasteiger partial charge on any atom is 0.338 e. The molecule has 0 aliphatic carbocycles. The lowest BCUT2D eigenvalue weighted by molar-refractivity contribution is 0.0315. The summed E-state index contributed by atoms with van der Waals surface area (Å²) in [6, 6.07) is 31.6. The van der Waals surface area contributed by atoms with E-state index < -0.39 is 0 Å². The van der Waals surface area contributed by atoms with Gasteiger partial charge in [0, 0.05) is 22.3 Å². The minimum atomic E-state index is -0.367.